The van der Waals surface area contributed by atoms with Gasteiger partial charge in [0.05, 0.1) is 12.4 Å². The van der Waals surface area contributed by atoms with E-state index in [-0.39, 0.29) is 17.2 Å². The number of fused-ring (bicyclic) bond motifs is 1. The predicted molar refractivity (Wildman–Crippen MR) is 115 cm³/mol. The van der Waals surface area contributed by atoms with Gasteiger partial charge in [0.1, 0.15) is 5.75 Å². The number of carbonyl (C=O) groups excluding carboxylic acids is 1. The summed E-state index contributed by atoms with van der Waals surface area (Å²) < 4.78 is 6.61. The van der Waals surface area contributed by atoms with Gasteiger partial charge in [-0.3, -0.25) is 4.79 Å². The Balaban J connectivity index is 1.52. The van der Waals surface area contributed by atoms with Gasteiger partial charge in [-0.05, 0) is 56.2 Å². The number of nitrogen functional groups attached to an aromatic ring is 1. The van der Waals surface area contributed by atoms with Gasteiger partial charge in [-0.25, -0.2) is 4.68 Å². The molecule has 0 radical (unpaired) electrons. The number of thioether (sulfide) groups is 1. The van der Waals surface area contributed by atoms with Crippen molar-refractivity contribution in [1.82, 2.24) is 14.9 Å². The topological polar surface area (TPSA) is 86.3 Å². The lowest BCUT2D eigenvalue weighted by molar-refractivity contribution is -0.118. The third-order valence-corrected chi connectivity index (χ3v) is 6.13. The maximum atomic E-state index is 13.2. The molecule has 1 aromatic heterocycles. The monoisotopic (exact) mass is 409 g/mol. The lowest BCUT2D eigenvalue weighted by Gasteiger charge is -2.25. The van der Waals surface area contributed by atoms with Gasteiger partial charge in [0.25, 0.3) is 0 Å². The number of methoxy groups -OCH3 is 1. The number of nitrogens with two attached hydrogens (primary N) is 1. The SMILES string of the molecule is COc1ccc(-c2nnc(S[C@H](C)C(=O)N3c4ccccc4C[C@H]3C)n2N)cc1. The Morgan fingerprint density at radius 3 is 2.66 bits per heavy atom. The van der Waals surface area contributed by atoms with E-state index in [9.17, 15) is 4.79 Å². The zero-order valence-corrected chi connectivity index (χ0v) is 17.4. The Hall–Kier alpha value is -3.00. The zero-order valence-electron chi connectivity index (χ0n) is 16.6. The molecule has 0 fully saturated rings. The molecule has 0 saturated heterocycles. The van der Waals surface area contributed by atoms with Crippen LogP contribution in [0.25, 0.3) is 11.4 Å². The van der Waals surface area contributed by atoms with Gasteiger partial charge in [-0.15, -0.1) is 10.2 Å². The molecule has 3 aromatic rings. The van der Waals surface area contributed by atoms with Crippen molar-refractivity contribution in [1.29, 1.82) is 0 Å². The minimum Gasteiger partial charge on any atom is -0.497 e. The molecule has 2 atom stereocenters. The normalized spacial score (nSPS) is 16.5. The minimum absolute atomic E-state index is 0.0430. The number of hydrogen-bond acceptors (Lipinski definition) is 6. The van der Waals surface area contributed by atoms with Crippen LogP contribution in [-0.2, 0) is 11.2 Å². The second-order valence-corrected chi connectivity index (χ2v) is 8.36. The van der Waals surface area contributed by atoms with Crippen LogP contribution in [0.15, 0.2) is 53.7 Å². The van der Waals surface area contributed by atoms with Crippen LogP contribution in [0.2, 0.25) is 0 Å². The molecule has 2 heterocycles. The maximum Gasteiger partial charge on any atom is 0.240 e. The van der Waals surface area contributed by atoms with Gasteiger partial charge in [-0.1, -0.05) is 30.0 Å². The molecule has 4 rings (SSSR count). The van der Waals surface area contributed by atoms with Gasteiger partial charge in [0.2, 0.25) is 11.1 Å². The molecule has 0 spiro atoms. The number of rotatable bonds is 5. The fourth-order valence-corrected chi connectivity index (χ4v) is 4.42. The standard InChI is InChI=1S/C21H23N5O2S/c1-13-12-16-6-4-5-7-18(16)25(13)20(27)14(2)29-21-24-23-19(26(21)22)15-8-10-17(28-3)11-9-15/h4-11,13-14H,12,22H2,1-3H3/t13-,14-/m1/s1. The first-order valence-corrected chi connectivity index (χ1v) is 10.3. The van der Waals surface area contributed by atoms with Crippen LogP contribution >= 0.6 is 11.8 Å². The highest BCUT2D eigenvalue weighted by atomic mass is 32.2. The summed E-state index contributed by atoms with van der Waals surface area (Å²) in [5.41, 5.74) is 3.02. The number of ether oxygens (including phenoxy) is 1. The third-order valence-electron chi connectivity index (χ3n) is 5.09. The van der Waals surface area contributed by atoms with E-state index in [1.165, 1.54) is 22.0 Å². The van der Waals surface area contributed by atoms with Crippen molar-refractivity contribution < 1.29 is 9.53 Å². The number of benzene rings is 2. The van der Waals surface area contributed by atoms with Gasteiger partial charge in [0, 0.05) is 17.3 Å². The second-order valence-electron chi connectivity index (χ2n) is 7.05. The minimum atomic E-state index is -0.348. The lowest BCUT2D eigenvalue weighted by Crippen LogP contribution is -2.40. The van der Waals surface area contributed by atoms with Crippen molar-refractivity contribution in [3.8, 4) is 17.1 Å². The van der Waals surface area contributed by atoms with Crippen LogP contribution in [0.5, 0.6) is 5.75 Å². The van der Waals surface area contributed by atoms with E-state index in [0.717, 1.165) is 23.4 Å². The van der Waals surface area contributed by atoms with E-state index < -0.39 is 0 Å². The zero-order chi connectivity index (χ0) is 20.5. The molecule has 1 aliphatic rings. The Labute approximate surface area is 173 Å². The molecule has 150 valence electrons. The van der Waals surface area contributed by atoms with E-state index in [2.05, 4.69) is 23.2 Å². The molecule has 2 N–H and O–H groups in total. The quantitative estimate of drug-likeness (QED) is 0.515. The molecule has 0 unspecified atom stereocenters. The van der Waals surface area contributed by atoms with Crippen LogP contribution in [0.1, 0.15) is 19.4 Å². The Morgan fingerprint density at radius 1 is 1.21 bits per heavy atom. The van der Waals surface area contributed by atoms with Crippen LogP contribution in [-0.4, -0.2) is 39.2 Å². The van der Waals surface area contributed by atoms with Crippen LogP contribution in [0.4, 0.5) is 5.69 Å². The summed E-state index contributed by atoms with van der Waals surface area (Å²) in [4.78, 5) is 15.1. The fraction of sp³-hybridized carbons (Fsp3) is 0.286. The van der Waals surface area contributed by atoms with Gasteiger partial charge in [0.15, 0.2) is 5.82 Å². The predicted octanol–water partition coefficient (Wildman–Crippen LogP) is 3.13. The molecular weight excluding hydrogens is 386 g/mol. The molecule has 0 saturated carbocycles. The Morgan fingerprint density at radius 2 is 1.93 bits per heavy atom. The number of anilines is 1. The highest BCUT2D eigenvalue weighted by Gasteiger charge is 2.34. The van der Waals surface area contributed by atoms with E-state index in [1.54, 1.807) is 7.11 Å². The molecule has 2 aromatic carbocycles. The van der Waals surface area contributed by atoms with Crippen molar-refractivity contribution in [3.05, 3.63) is 54.1 Å². The molecule has 8 heteroatoms. The lowest BCUT2D eigenvalue weighted by atomic mass is 10.1. The van der Waals surface area contributed by atoms with E-state index in [1.807, 2.05) is 54.3 Å². The van der Waals surface area contributed by atoms with Gasteiger partial charge >= 0.3 is 0 Å². The summed E-state index contributed by atoms with van der Waals surface area (Å²) >= 11 is 1.31. The average molecular weight is 410 g/mol. The smallest absolute Gasteiger partial charge is 0.240 e. The summed E-state index contributed by atoms with van der Waals surface area (Å²) in [6.07, 6.45) is 0.869. The number of nitrogens with zero attached hydrogens (tertiary/aromatic N) is 4. The summed E-state index contributed by atoms with van der Waals surface area (Å²) in [6.45, 7) is 3.95. The largest absolute Gasteiger partial charge is 0.497 e. The first kappa shape index (κ1) is 19.3. The Kier molecular flexibility index (Phi) is 5.19. The summed E-state index contributed by atoms with van der Waals surface area (Å²) in [7, 11) is 1.62. The molecule has 7 nitrogen and oxygen atoms in total. The van der Waals surface area contributed by atoms with Gasteiger partial charge in [-0.2, -0.15) is 0 Å². The fourth-order valence-electron chi connectivity index (χ4n) is 3.60. The first-order valence-electron chi connectivity index (χ1n) is 9.42. The highest BCUT2D eigenvalue weighted by Crippen LogP contribution is 2.34. The molecule has 0 aliphatic carbocycles. The number of hydrogen-bond donors (Lipinski definition) is 1. The average Bonchev–Trinajstić information content (AvgIpc) is 3.26. The van der Waals surface area contributed by atoms with Crippen molar-refractivity contribution in [3.63, 3.8) is 0 Å². The molecule has 1 aliphatic heterocycles. The summed E-state index contributed by atoms with van der Waals surface area (Å²) in [5, 5.41) is 8.55. The third kappa shape index (κ3) is 3.55. The molecule has 1 amide bonds. The molecular formula is C21H23N5O2S. The van der Waals surface area contributed by atoms with Crippen molar-refractivity contribution >= 4 is 23.4 Å². The van der Waals surface area contributed by atoms with Crippen LogP contribution in [0, 0.1) is 0 Å². The van der Waals surface area contributed by atoms with Gasteiger partial charge < -0.3 is 15.5 Å². The highest BCUT2D eigenvalue weighted by molar-refractivity contribution is 8.00. The molecule has 0 bridgehead atoms. The molecule has 29 heavy (non-hydrogen) atoms. The number of carbonyl (C=O) groups is 1. The van der Waals surface area contributed by atoms with Crippen molar-refractivity contribution in [2.24, 2.45) is 0 Å². The second kappa shape index (κ2) is 7.79. The maximum absolute atomic E-state index is 13.2. The van der Waals surface area contributed by atoms with Crippen molar-refractivity contribution in [2.45, 2.75) is 36.7 Å². The van der Waals surface area contributed by atoms with E-state index in [4.69, 9.17) is 10.6 Å². The Bertz CT molecular complexity index is 1030. The first-order chi connectivity index (χ1) is 14.0. The van der Waals surface area contributed by atoms with Crippen molar-refractivity contribution in [2.75, 3.05) is 17.9 Å². The number of para-hydroxylation sites is 1. The summed E-state index contributed by atoms with van der Waals surface area (Å²) in [5.74, 6) is 7.56. The van der Waals surface area contributed by atoms with E-state index >= 15 is 0 Å². The number of aromatic nitrogens is 3. The van der Waals surface area contributed by atoms with Crippen LogP contribution < -0.4 is 15.5 Å². The summed E-state index contributed by atoms with van der Waals surface area (Å²) in [6, 6.07) is 15.6. The van der Waals surface area contributed by atoms with E-state index in [0.29, 0.717) is 11.0 Å². The number of amides is 1. The van der Waals surface area contributed by atoms with Crippen LogP contribution in [0.3, 0.4) is 0 Å².